The van der Waals surface area contributed by atoms with Gasteiger partial charge in [0.1, 0.15) is 11.6 Å². The fourth-order valence-corrected chi connectivity index (χ4v) is 3.25. The summed E-state index contributed by atoms with van der Waals surface area (Å²) in [4.78, 5) is 12.9. The van der Waals surface area contributed by atoms with E-state index in [1.54, 1.807) is 43.3 Å². The molecule has 0 bridgehead atoms. The molecular weight excluding hydrogens is 369 g/mol. The normalized spacial score (nSPS) is 10.9. The van der Waals surface area contributed by atoms with E-state index in [4.69, 9.17) is 4.74 Å². The van der Waals surface area contributed by atoms with E-state index < -0.39 is 0 Å². The number of aromatic nitrogens is 4. The molecule has 0 saturated heterocycles. The predicted molar refractivity (Wildman–Crippen MR) is 99.7 cm³/mol. The van der Waals surface area contributed by atoms with Crippen molar-refractivity contribution >= 4 is 27.3 Å². The van der Waals surface area contributed by atoms with Gasteiger partial charge in [-0.2, -0.15) is 4.52 Å². The van der Waals surface area contributed by atoms with Crippen molar-refractivity contribution in [3.05, 3.63) is 59.4 Å². The smallest absolute Gasteiger partial charge is 0.257 e. The summed E-state index contributed by atoms with van der Waals surface area (Å²) in [6, 6.07) is 11.6. The Morgan fingerprint density at radius 3 is 2.85 bits per heavy atom. The second-order valence-electron chi connectivity index (χ2n) is 5.78. The number of hydrogen-bond donors (Lipinski definition) is 1. The summed E-state index contributed by atoms with van der Waals surface area (Å²) in [5.41, 5.74) is 1.55. The second-order valence-corrected chi connectivity index (χ2v) is 6.73. The minimum absolute atomic E-state index is 0.318. The van der Waals surface area contributed by atoms with Crippen molar-refractivity contribution in [2.24, 2.45) is 0 Å². The average molecular weight is 383 g/mol. The molecule has 0 unspecified atom stereocenters. The number of anilines is 1. The molecule has 0 fully saturated rings. The lowest BCUT2D eigenvalue weighted by atomic mass is 10.1. The van der Waals surface area contributed by atoms with Crippen molar-refractivity contribution in [3.8, 4) is 17.1 Å². The molecule has 4 rings (SSSR count). The van der Waals surface area contributed by atoms with Crippen LogP contribution in [-0.4, -0.2) is 32.8 Å². The van der Waals surface area contributed by atoms with Gasteiger partial charge in [0, 0.05) is 11.1 Å². The van der Waals surface area contributed by atoms with E-state index in [1.165, 1.54) is 29.0 Å². The van der Waals surface area contributed by atoms with Crippen molar-refractivity contribution in [1.82, 2.24) is 19.8 Å². The molecule has 2 heterocycles. The first-order chi connectivity index (χ1) is 13.0. The summed E-state index contributed by atoms with van der Waals surface area (Å²) in [5.74, 6) is 0.347. The fourth-order valence-electron chi connectivity index (χ4n) is 2.51. The summed E-state index contributed by atoms with van der Waals surface area (Å²) in [5, 5.41) is 15.5. The largest absolute Gasteiger partial charge is 0.497 e. The average Bonchev–Trinajstić information content (AvgIpc) is 3.24. The fraction of sp³-hybridized carbons (Fsp3) is 0.111. The third kappa shape index (κ3) is 3.24. The van der Waals surface area contributed by atoms with E-state index in [0.29, 0.717) is 38.4 Å². The zero-order valence-electron chi connectivity index (χ0n) is 14.4. The zero-order valence-corrected chi connectivity index (χ0v) is 15.2. The maximum Gasteiger partial charge on any atom is 0.257 e. The monoisotopic (exact) mass is 383 g/mol. The highest BCUT2D eigenvalue weighted by atomic mass is 32.1. The summed E-state index contributed by atoms with van der Waals surface area (Å²) in [7, 11) is 1.54. The zero-order chi connectivity index (χ0) is 19.0. The van der Waals surface area contributed by atoms with Crippen molar-refractivity contribution in [2.45, 2.75) is 6.92 Å². The number of hydrogen-bond acceptors (Lipinski definition) is 6. The first-order valence-electron chi connectivity index (χ1n) is 7.99. The van der Waals surface area contributed by atoms with Crippen LogP contribution in [0, 0.1) is 12.7 Å². The number of carbonyl (C=O) groups excluding carboxylic acids is 1. The highest BCUT2D eigenvalue weighted by molar-refractivity contribution is 7.20. The molecule has 0 aliphatic carbocycles. The molecule has 1 amide bonds. The standard InChI is InChI=1S/C18H14FN5O2S/c1-10-6-7-11(9-14(10)19)15-21-22-18-24(15)23-17(27-18)20-16(25)12-4-3-5-13(8-12)26-2/h3-9H,1-2H3,(H,20,23,25). The predicted octanol–water partition coefficient (Wildman–Crippen LogP) is 3.56. The Morgan fingerprint density at radius 2 is 2.07 bits per heavy atom. The van der Waals surface area contributed by atoms with E-state index in [0.717, 1.165) is 0 Å². The maximum absolute atomic E-state index is 13.9. The van der Waals surface area contributed by atoms with Crippen LogP contribution in [0.1, 0.15) is 15.9 Å². The topological polar surface area (TPSA) is 81.4 Å². The Hall–Kier alpha value is -3.33. The minimum Gasteiger partial charge on any atom is -0.497 e. The number of nitrogens with one attached hydrogen (secondary N) is 1. The van der Waals surface area contributed by atoms with Gasteiger partial charge in [0.2, 0.25) is 10.1 Å². The van der Waals surface area contributed by atoms with Gasteiger partial charge in [0.05, 0.1) is 7.11 Å². The first kappa shape index (κ1) is 17.1. The van der Waals surface area contributed by atoms with Gasteiger partial charge in [-0.3, -0.25) is 10.1 Å². The van der Waals surface area contributed by atoms with Crippen molar-refractivity contribution in [2.75, 3.05) is 12.4 Å². The van der Waals surface area contributed by atoms with E-state index in [2.05, 4.69) is 20.6 Å². The molecule has 0 aliphatic heterocycles. The molecule has 2 aromatic heterocycles. The van der Waals surface area contributed by atoms with Crippen molar-refractivity contribution in [3.63, 3.8) is 0 Å². The van der Waals surface area contributed by atoms with Crippen LogP contribution in [0.2, 0.25) is 0 Å². The maximum atomic E-state index is 13.9. The van der Waals surface area contributed by atoms with Crippen LogP contribution in [0.15, 0.2) is 42.5 Å². The molecule has 7 nitrogen and oxygen atoms in total. The molecule has 4 aromatic rings. The molecular formula is C18H14FN5O2S. The number of halogens is 1. The van der Waals surface area contributed by atoms with Crippen molar-refractivity contribution < 1.29 is 13.9 Å². The first-order valence-corrected chi connectivity index (χ1v) is 8.81. The lowest BCUT2D eigenvalue weighted by Crippen LogP contribution is -2.12. The number of fused-ring (bicyclic) bond motifs is 1. The SMILES string of the molecule is COc1cccc(C(=O)Nc2nn3c(-c4ccc(C)c(F)c4)nnc3s2)c1. The minimum atomic E-state index is -0.328. The highest BCUT2D eigenvalue weighted by Gasteiger charge is 2.16. The Labute approximate surface area is 157 Å². The van der Waals surface area contributed by atoms with Gasteiger partial charge >= 0.3 is 0 Å². The Balaban J connectivity index is 1.63. The van der Waals surface area contributed by atoms with Crippen LogP contribution in [0.3, 0.4) is 0 Å². The molecule has 0 atom stereocenters. The molecule has 27 heavy (non-hydrogen) atoms. The van der Waals surface area contributed by atoms with Crippen LogP contribution >= 0.6 is 11.3 Å². The van der Waals surface area contributed by atoms with Gasteiger partial charge in [-0.25, -0.2) is 4.39 Å². The van der Waals surface area contributed by atoms with Gasteiger partial charge in [-0.05, 0) is 36.8 Å². The van der Waals surface area contributed by atoms with Gasteiger partial charge in [0.25, 0.3) is 5.91 Å². The third-order valence-electron chi connectivity index (χ3n) is 3.97. The molecule has 0 aliphatic rings. The number of aryl methyl sites for hydroxylation is 1. The van der Waals surface area contributed by atoms with Crippen LogP contribution in [0.4, 0.5) is 9.52 Å². The quantitative estimate of drug-likeness (QED) is 0.583. The summed E-state index contributed by atoms with van der Waals surface area (Å²) in [6.45, 7) is 1.69. The molecule has 136 valence electrons. The summed E-state index contributed by atoms with van der Waals surface area (Å²) >= 11 is 1.17. The van der Waals surface area contributed by atoms with Crippen LogP contribution in [-0.2, 0) is 0 Å². The lowest BCUT2D eigenvalue weighted by molar-refractivity contribution is 0.102. The Bertz CT molecular complexity index is 1150. The molecule has 0 saturated carbocycles. The van der Waals surface area contributed by atoms with Crippen molar-refractivity contribution in [1.29, 1.82) is 0 Å². The molecule has 0 radical (unpaired) electrons. The number of nitrogens with zero attached hydrogens (tertiary/aromatic N) is 4. The van der Waals surface area contributed by atoms with E-state index in [1.807, 2.05) is 0 Å². The van der Waals surface area contributed by atoms with E-state index in [-0.39, 0.29) is 11.7 Å². The van der Waals surface area contributed by atoms with E-state index in [9.17, 15) is 9.18 Å². The Kier molecular flexibility index (Phi) is 4.28. The van der Waals surface area contributed by atoms with Gasteiger partial charge in [-0.1, -0.05) is 29.5 Å². The summed E-state index contributed by atoms with van der Waals surface area (Å²) in [6.07, 6.45) is 0. The lowest BCUT2D eigenvalue weighted by Gasteiger charge is -2.04. The van der Waals surface area contributed by atoms with Gasteiger partial charge < -0.3 is 4.74 Å². The number of benzene rings is 2. The number of methoxy groups -OCH3 is 1. The second kappa shape index (κ2) is 6.76. The highest BCUT2D eigenvalue weighted by Crippen LogP contribution is 2.25. The van der Waals surface area contributed by atoms with Gasteiger partial charge in [0.15, 0.2) is 5.82 Å². The molecule has 9 heteroatoms. The van der Waals surface area contributed by atoms with Gasteiger partial charge in [-0.15, -0.1) is 15.3 Å². The number of rotatable bonds is 4. The number of amides is 1. The Morgan fingerprint density at radius 1 is 1.22 bits per heavy atom. The third-order valence-corrected chi connectivity index (χ3v) is 4.79. The van der Waals surface area contributed by atoms with Crippen LogP contribution < -0.4 is 10.1 Å². The number of ether oxygens (including phenoxy) is 1. The molecule has 0 spiro atoms. The molecule has 2 aromatic carbocycles. The molecule has 1 N–H and O–H groups in total. The van der Waals surface area contributed by atoms with E-state index >= 15 is 0 Å². The summed E-state index contributed by atoms with van der Waals surface area (Å²) < 4.78 is 20.5. The van der Waals surface area contributed by atoms with Crippen LogP contribution in [0.25, 0.3) is 16.3 Å². The van der Waals surface area contributed by atoms with Crippen LogP contribution in [0.5, 0.6) is 5.75 Å². The number of carbonyl (C=O) groups is 1.